The van der Waals surface area contributed by atoms with E-state index in [1.165, 1.54) is 0 Å². The normalized spacial score (nSPS) is 18.0. The zero-order valence-corrected chi connectivity index (χ0v) is 18.4. The molecule has 0 bridgehead atoms. The average molecular weight is 440 g/mol. The van der Waals surface area contributed by atoms with E-state index < -0.39 is 6.17 Å². The van der Waals surface area contributed by atoms with Gasteiger partial charge in [-0.2, -0.15) is 0 Å². The van der Waals surface area contributed by atoms with Crippen molar-refractivity contribution in [1.82, 2.24) is 10.3 Å². The summed E-state index contributed by atoms with van der Waals surface area (Å²) in [5.41, 5.74) is 2.90. The molecule has 0 spiro atoms. The van der Waals surface area contributed by atoms with Crippen molar-refractivity contribution in [2.24, 2.45) is 0 Å². The summed E-state index contributed by atoms with van der Waals surface area (Å²) < 4.78 is 25.0. The monoisotopic (exact) mass is 439 g/mol. The molecule has 2 aromatic carbocycles. The van der Waals surface area contributed by atoms with E-state index in [2.05, 4.69) is 21.7 Å². The van der Waals surface area contributed by atoms with Gasteiger partial charge in [0.25, 0.3) is 0 Å². The largest absolute Gasteiger partial charge is 0.497 e. The van der Waals surface area contributed by atoms with E-state index in [1.54, 1.807) is 18.9 Å². The third-order valence-corrected chi connectivity index (χ3v) is 5.95. The summed E-state index contributed by atoms with van der Waals surface area (Å²) in [6.07, 6.45) is 5.48. The molecule has 1 aliphatic rings. The minimum atomic E-state index is -0.777. The standard InChI is InChI=1S/C24H26FN3O2S/c1-29-20-4-6-21(7-5-20)30-24-10-16(17-9-22(31-2)15-26-12-17)3-8-23(24)28-14-19-11-18(25)13-27-19/h3-10,12,15,18-19,27-28H,11,13-14H2,1-2H3/t18-,19+/m1/s1. The first-order valence-corrected chi connectivity index (χ1v) is 11.4. The van der Waals surface area contributed by atoms with Crippen molar-refractivity contribution < 1.29 is 13.9 Å². The van der Waals surface area contributed by atoms with Gasteiger partial charge in [-0.05, 0) is 60.7 Å². The van der Waals surface area contributed by atoms with Gasteiger partial charge >= 0.3 is 0 Å². The van der Waals surface area contributed by atoms with Crippen LogP contribution in [0, 0.1) is 0 Å². The first-order valence-electron chi connectivity index (χ1n) is 10.2. The summed E-state index contributed by atoms with van der Waals surface area (Å²) in [4.78, 5) is 5.45. The zero-order chi connectivity index (χ0) is 21.6. The molecule has 0 saturated carbocycles. The molecule has 0 amide bonds. The molecule has 2 N–H and O–H groups in total. The van der Waals surface area contributed by atoms with Crippen molar-refractivity contribution in [3.8, 4) is 28.4 Å². The maximum Gasteiger partial charge on any atom is 0.151 e. The third-order valence-electron chi connectivity index (χ3n) is 5.26. The number of anilines is 1. The van der Waals surface area contributed by atoms with Crippen LogP contribution < -0.4 is 20.1 Å². The van der Waals surface area contributed by atoms with E-state index in [0.717, 1.165) is 27.5 Å². The highest BCUT2D eigenvalue weighted by molar-refractivity contribution is 7.98. The quantitative estimate of drug-likeness (QED) is 0.460. The van der Waals surface area contributed by atoms with E-state index in [4.69, 9.17) is 9.47 Å². The minimum absolute atomic E-state index is 0.103. The molecule has 1 saturated heterocycles. The van der Waals surface area contributed by atoms with Crippen LogP contribution in [0.4, 0.5) is 10.1 Å². The highest BCUT2D eigenvalue weighted by atomic mass is 32.2. The van der Waals surface area contributed by atoms with Crippen molar-refractivity contribution >= 4 is 17.4 Å². The Morgan fingerprint density at radius 3 is 2.61 bits per heavy atom. The van der Waals surface area contributed by atoms with Crippen molar-refractivity contribution in [1.29, 1.82) is 0 Å². The summed E-state index contributed by atoms with van der Waals surface area (Å²) in [5, 5.41) is 6.63. The molecule has 0 radical (unpaired) electrons. The lowest BCUT2D eigenvalue weighted by Gasteiger charge is -2.17. The van der Waals surface area contributed by atoms with Gasteiger partial charge in [0, 0.05) is 42.0 Å². The molecule has 2 atom stereocenters. The van der Waals surface area contributed by atoms with Crippen molar-refractivity contribution in [3.05, 3.63) is 60.9 Å². The fourth-order valence-electron chi connectivity index (χ4n) is 3.55. The number of nitrogens with one attached hydrogen (secondary N) is 2. The molecule has 0 unspecified atom stereocenters. The number of aromatic nitrogens is 1. The Hall–Kier alpha value is -2.77. The summed E-state index contributed by atoms with van der Waals surface area (Å²) >= 11 is 1.66. The fraction of sp³-hybridized carbons (Fsp3) is 0.292. The van der Waals surface area contributed by atoms with Gasteiger partial charge < -0.3 is 20.1 Å². The predicted octanol–water partition coefficient (Wildman–Crippen LogP) is 5.38. The van der Waals surface area contributed by atoms with E-state index in [9.17, 15) is 4.39 Å². The Labute approximate surface area is 186 Å². The SMILES string of the molecule is COc1ccc(Oc2cc(-c3cncc(SC)c3)ccc2NC[C@@H]2C[C@@H](F)CN2)cc1. The van der Waals surface area contributed by atoms with Crippen LogP contribution in [0.3, 0.4) is 0 Å². The number of hydrogen-bond acceptors (Lipinski definition) is 6. The predicted molar refractivity (Wildman–Crippen MR) is 124 cm³/mol. The maximum atomic E-state index is 13.5. The first-order chi connectivity index (χ1) is 15.1. The van der Waals surface area contributed by atoms with Crippen molar-refractivity contribution in [2.75, 3.05) is 31.8 Å². The van der Waals surface area contributed by atoms with Gasteiger partial charge in [-0.1, -0.05) is 6.07 Å². The van der Waals surface area contributed by atoms with Crippen LogP contribution in [0.1, 0.15) is 6.42 Å². The van der Waals surface area contributed by atoms with Gasteiger partial charge in [-0.3, -0.25) is 4.98 Å². The zero-order valence-electron chi connectivity index (χ0n) is 17.6. The lowest BCUT2D eigenvalue weighted by molar-refractivity contribution is 0.356. The number of ether oxygens (including phenoxy) is 2. The summed E-state index contributed by atoms with van der Waals surface area (Å²) in [5.74, 6) is 2.18. The van der Waals surface area contributed by atoms with E-state index in [-0.39, 0.29) is 6.04 Å². The van der Waals surface area contributed by atoms with Gasteiger partial charge in [0.2, 0.25) is 0 Å². The molecule has 5 nitrogen and oxygen atoms in total. The number of halogens is 1. The molecular weight excluding hydrogens is 413 g/mol. The summed E-state index contributed by atoms with van der Waals surface area (Å²) in [6.45, 7) is 1.04. The van der Waals surface area contributed by atoms with E-state index >= 15 is 0 Å². The van der Waals surface area contributed by atoms with Crippen LogP contribution in [-0.4, -0.2) is 43.7 Å². The lowest BCUT2D eigenvalue weighted by Crippen LogP contribution is -2.29. The van der Waals surface area contributed by atoms with Crippen LogP contribution in [-0.2, 0) is 0 Å². The second kappa shape index (κ2) is 10.0. The number of hydrogen-bond donors (Lipinski definition) is 2. The number of rotatable bonds is 8. The molecule has 2 heterocycles. The van der Waals surface area contributed by atoms with Crippen molar-refractivity contribution in [2.45, 2.75) is 23.5 Å². The number of benzene rings is 2. The highest BCUT2D eigenvalue weighted by Gasteiger charge is 2.23. The summed E-state index contributed by atoms with van der Waals surface area (Å²) in [6, 6.07) is 15.7. The van der Waals surface area contributed by atoms with Gasteiger partial charge in [-0.15, -0.1) is 11.8 Å². The molecule has 1 aromatic heterocycles. The second-order valence-electron chi connectivity index (χ2n) is 7.42. The summed E-state index contributed by atoms with van der Waals surface area (Å²) in [7, 11) is 1.64. The Morgan fingerprint density at radius 1 is 1.10 bits per heavy atom. The Bertz CT molecular complexity index is 1020. The molecule has 1 aliphatic heterocycles. The Morgan fingerprint density at radius 2 is 1.90 bits per heavy atom. The van der Waals surface area contributed by atoms with Crippen LogP contribution in [0.2, 0.25) is 0 Å². The Kier molecular flexibility index (Phi) is 6.94. The second-order valence-corrected chi connectivity index (χ2v) is 8.30. The van der Waals surface area contributed by atoms with E-state index in [0.29, 0.717) is 31.0 Å². The van der Waals surface area contributed by atoms with Crippen molar-refractivity contribution in [3.63, 3.8) is 0 Å². The number of pyridine rings is 1. The number of methoxy groups -OCH3 is 1. The molecule has 31 heavy (non-hydrogen) atoms. The van der Waals surface area contributed by atoms with Gasteiger partial charge in [0.15, 0.2) is 5.75 Å². The molecule has 7 heteroatoms. The molecule has 162 valence electrons. The number of alkyl halides is 1. The highest BCUT2D eigenvalue weighted by Crippen LogP contribution is 2.35. The molecule has 0 aliphatic carbocycles. The van der Waals surface area contributed by atoms with Gasteiger partial charge in [0.1, 0.15) is 17.7 Å². The van der Waals surface area contributed by atoms with Gasteiger partial charge in [-0.25, -0.2) is 4.39 Å². The Balaban J connectivity index is 1.60. The van der Waals surface area contributed by atoms with Crippen LogP contribution in [0.25, 0.3) is 11.1 Å². The third kappa shape index (κ3) is 5.48. The smallest absolute Gasteiger partial charge is 0.151 e. The van der Waals surface area contributed by atoms with E-state index in [1.807, 2.05) is 61.1 Å². The fourth-order valence-corrected chi connectivity index (χ4v) is 3.96. The minimum Gasteiger partial charge on any atom is -0.497 e. The molecule has 1 fully saturated rings. The van der Waals surface area contributed by atoms with Gasteiger partial charge in [0.05, 0.1) is 12.8 Å². The molecule has 3 aromatic rings. The topological polar surface area (TPSA) is 55.4 Å². The molecular formula is C24H26FN3O2S. The van der Waals surface area contributed by atoms with Crippen LogP contribution in [0.15, 0.2) is 65.8 Å². The first kappa shape index (κ1) is 21.5. The molecule has 4 rings (SSSR count). The average Bonchev–Trinajstić information content (AvgIpc) is 3.23. The number of thioether (sulfide) groups is 1. The van der Waals surface area contributed by atoms with Crippen LogP contribution >= 0.6 is 11.8 Å². The van der Waals surface area contributed by atoms with Crippen LogP contribution in [0.5, 0.6) is 17.2 Å². The number of nitrogens with zero attached hydrogens (tertiary/aromatic N) is 1. The maximum absolute atomic E-state index is 13.5. The lowest BCUT2D eigenvalue weighted by atomic mass is 10.1.